The second-order valence-corrected chi connectivity index (χ2v) is 2.86. The van der Waals surface area contributed by atoms with E-state index >= 15 is 0 Å². The SMILES string of the molecule is NCc1cnn(-c2cn[nH]c2[N+](=O)[O-])c1. The van der Waals surface area contributed by atoms with Gasteiger partial charge in [0, 0.05) is 18.3 Å². The predicted molar refractivity (Wildman–Crippen MR) is 50.3 cm³/mol. The van der Waals surface area contributed by atoms with Crippen LogP contribution in [0.2, 0.25) is 0 Å². The van der Waals surface area contributed by atoms with Gasteiger partial charge in [-0.1, -0.05) is 5.10 Å². The molecule has 0 saturated carbocycles. The van der Waals surface area contributed by atoms with Crippen LogP contribution in [0.25, 0.3) is 5.69 Å². The second-order valence-electron chi connectivity index (χ2n) is 2.86. The summed E-state index contributed by atoms with van der Waals surface area (Å²) in [6, 6.07) is 0. The van der Waals surface area contributed by atoms with Gasteiger partial charge in [-0.05, 0) is 4.92 Å². The lowest BCUT2D eigenvalue weighted by atomic mass is 10.4. The van der Waals surface area contributed by atoms with Gasteiger partial charge in [-0.2, -0.15) is 5.10 Å². The van der Waals surface area contributed by atoms with Crippen LogP contribution < -0.4 is 5.73 Å². The third-order valence-corrected chi connectivity index (χ3v) is 1.90. The smallest absolute Gasteiger partial charge is 0.358 e. The molecule has 2 aromatic rings. The summed E-state index contributed by atoms with van der Waals surface area (Å²) in [6.07, 6.45) is 4.51. The summed E-state index contributed by atoms with van der Waals surface area (Å²) in [4.78, 5) is 10.1. The fourth-order valence-electron chi connectivity index (χ4n) is 1.17. The van der Waals surface area contributed by atoms with E-state index in [-0.39, 0.29) is 5.82 Å². The molecule has 0 amide bonds. The van der Waals surface area contributed by atoms with E-state index in [1.54, 1.807) is 12.4 Å². The van der Waals surface area contributed by atoms with Crippen LogP contribution in [0.3, 0.4) is 0 Å². The molecule has 0 atom stereocenters. The van der Waals surface area contributed by atoms with Crippen molar-refractivity contribution in [3.8, 4) is 5.69 Å². The Morgan fingerprint density at radius 3 is 3.00 bits per heavy atom. The van der Waals surface area contributed by atoms with Crippen molar-refractivity contribution in [2.75, 3.05) is 0 Å². The minimum atomic E-state index is -0.549. The molecule has 0 aromatic carbocycles. The summed E-state index contributed by atoms with van der Waals surface area (Å²) >= 11 is 0. The first-order chi connectivity index (χ1) is 7.22. The largest absolute Gasteiger partial charge is 0.368 e. The van der Waals surface area contributed by atoms with Gasteiger partial charge in [0.05, 0.1) is 6.20 Å². The molecule has 2 rings (SSSR count). The summed E-state index contributed by atoms with van der Waals surface area (Å²) in [5, 5.41) is 20.4. The molecule has 0 spiro atoms. The van der Waals surface area contributed by atoms with Gasteiger partial charge >= 0.3 is 5.82 Å². The molecule has 8 nitrogen and oxygen atoms in total. The highest BCUT2D eigenvalue weighted by Crippen LogP contribution is 2.18. The van der Waals surface area contributed by atoms with Gasteiger partial charge in [-0.15, -0.1) is 5.10 Å². The minimum Gasteiger partial charge on any atom is -0.358 e. The average Bonchev–Trinajstić information content (AvgIpc) is 2.85. The van der Waals surface area contributed by atoms with Crippen molar-refractivity contribution in [2.24, 2.45) is 5.73 Å². The normalized spacial score (nSPS) is 10.5. The van der Waals surface area contributed by atoms with Gasteiger partial charge in [-0.3, -0.25) is 0 Å². The first-order valence-corrected chi connectivity index (χ1v) is 4.14. The monoisotopic (exact) mass is 208 g/mol. The van der Waals surface area contributed by atoms with Crippen LogP contribution in [0.4, 0.5) is 5.82 Å². The summed E-state index contributed by atoms with van der Waals surface area (Å²) in [5.41, 5.74) is 6.49. The topological polar surface area (TPSA) is 116 Å². The molecular formula is C7H8N6O2. The first-order valence-electron chi connectivity index (χ1n) is 4.14. The Morgan fingerprint density at radius 1 is 1.60 bits per heavy atom. The maximum absolute atomic E-state index is 10.6. The van der Waals surface area contributed by atoms with E-state index < -0.39 is 4.92 Å². The molecule has 0 aliphatic rings. The highest BCUT2D eigenvalue weighted by molar-refractivity contribution is 5.44. The molecule has 0 aliphatic carbocycles. The van der Waals surface area contributed by atoms with Crippen LogP contribution in [-0.4, -0.2) is 24.9 Å². The molecule has 2 aromatic heterocycles. The Kier molecular flexibility index (Phi) is 2.18. The summed E-state index contributed by atoms with van der Waals surface area (Å²) in [5.74, 6) is -0.193. The van der Waals surface area contributed by atoms with E-state index in [0.29, 0.717) is 12.2 Å². The van der Waals surface area contributed by atoms with Crippen LogP contribution in [0.15, 0.2) is 18.6 Å². The number of nitro groups is 1. The zero-order chi connectivity index (χ0) is 10.8. The summed E-state index contributed by atoms with van der Waals surface area (Å²) in [7, 11) is 0. The number of H-pyrrole nitrogens is 1. The van der Waals surface area contributed by atoms with Gasteiger partial charge in [0.25, 0.3) is 0 Å². The van der Waals surface area contributed by atoms with Crippen LogP contribution in [0.5, 0.6) is 0 Å². The third-order valence-electron chi connectivity index (χ3n) is 1.90. The number of aromatic nitrogens is 4. The Hall–Kier alpha value is -2.22. The third kappa shape index (κ3) is 1.57. The van der Waals surface area contributed by atoms with Crippen molar-refractivity contribution < 1.29 is 4.92 Å². The molecular weight excluding hydrogens is 200 g/mol. The van der Waals surface area contributed by atoms with E-state index in [9.17, 15) is 10.1 Å². The van der Waals surface area contributed by atoms with Crippen LogP contribution in [0.1, 0.15) is 5.56 Å². The average molecular weight is 208 g/mol. The zero-order valence-corrected chi connectivity index (χ0v) is 7.62. The van der Waals surface area contributed by atoms with E-state index in [1.807, 2.05) is 0 Å². The standard InChI is InChI=1S/C7H8N6O2/c8-1-5-2-10-12(4-5)6-3-9-11-7(6)13(14)15/h2-4H,1,8H2,(H,9,11). The van der Waals surface area contributed by atoms with Gasteiger partial charge in [0.15, 0.2) is 5.69 Å². The highest BCUT2D eigenvalue weighted by Gasteiger charge is 2.17. The van der Waals surface area contributed by atoms with Crippen molar-refractivity contribution in [3.05, 3.63) is 34.3 Å². The Bertz CT molecular complexity index is 487. The Morgan fingerprint density at radius 2 is 2.40 bits per heavy atom. The van der Waals surface area contributed by atoms with Crippen molar-refractivity contribution in [1.29, 1.82) is 0 Å². The number of nitrogens with two attached hydrogens (primary N) is 1. The molecule has 0 aliphatic heterocycles. The molecule has 0 radical (unpaired) electrons. The second kappa shape index (κ2) is 3.50. The van der Waals surface area contributed by atoms with Crippen LogP contribution >= 0.6 is 0 Å². The number of rotatable bonds is 3. The van der Waals surface area contributed by atoms with E-state index in [0.717, 1.165) is 5.56 Å². The fraction of sp³-hybridized carbons (Fsp3) is 0.143. The maximum atomic E-state index is 10.6. The lowest BCUT2D eigenvalue weighted by Gasteiger charge is -1.96. The van der Waals surface area contributed by atoms with Crippen LogP contribution in [-0.2, 0) is 6.54 Å². The minimum absolute atomic E-state index is 0.193. The lowest BCUT2D eigenvalue weighted by Crippen LogP contribution is -1.98. The van der Waals surface area contributed by atoms with Crippen molar-refractivity contribution in [1.82, 2.24) is 20.0 Å². The molecule has 0 bridgehead atoms. The van der Waals surface area contributed by atoms with Crippen LogP contribution in [0, 0.1) is 10.1 Å². The molecule has 0 unspecified atom stereocenters. The number of hydrogen-bond donors (Lipinski definition) is 2. The zero-order valence-electron chi connectivity index (χ0n) is 7.62. The van der Waals surface area contributed by atoms with Crippen molar-refractivity contribution >= 4 is 5.82 Å². The molecule has 0 fully saturated rings. The number of nitrogens with one attached hydrogen (secondary N) is 1. The highest BCUT2D eigenvalue weighted by atomic mass is 16.6. The summed E-state index contributed by atoms with van der Waals surface area (Å²) < 4.78 is 1.36. The predicted octanol–water partition coefficient (Wildman–Crippen LogP) is -0.0377. The van der Waals surface area contributed by atoms with Gasteiger partial charge in [-0.25, -0.2) is 4.68 Å². The lowest BCUT2D eigenvalue weighted by molar-refractivity contribution is -0.389. The fourth-order valence-corrected chi connectivity index (χ4v) is 1.17. The quantitative estimate of drug-likeness (QED) is 0.542. The molecule has 2 heterocycles. The Balaban J connectivity index is 2.44. The first kappa shape index (κ1) is 9.34. The molecule has 8 heteroatoms. The molecule has 0 saturated heterocycles. The molecule has 78 valence electrons. The van der Waals surface area contributed by atoms with E-state index in [1.165, 1.54) is 10.9 Å². The van der Waals surface area contributed by atoms with Gasteiger partial charge < -0.3 is 15.8 Å². The number of hydrogen-bond acceptors (Lipinski definition) is 5. The van der Waals surface area contributed by atoms with Gasteiger partial charge in [0.2, 0.25) is 0 Å². The van der Waals surface area contributed by atoms with E-state index in [2.05, 4.69) is 15.3 Å². The van der Waals surface area contributed by atoms with Crippen molar-refractivity contribution in [2.45, 2.75) is 6.54 Å². The van der Waals surface area contributed by atoms with Crippen molar-refractivity contribution in [3.63, 3.8) is 0 Å². The number of nitrogens with zero attached hydrogens (tertiary/aromatic N) is 4. The Labute approximate surface area is 83.9 Å². The molecule has 3 N–H and O–H groups in total. The molecule has 15 heavy (non-hydrogen) atoms. The van der Waals surface area contributed by atoms with E-state index in [4.69, 9.17) is 5.73 Å². The number of aromatic amines is 1. The summed E-state index contributed by atoms with van der Waals surface area (Å²) in [6.45, 7) is 0.339. The van der Waals surface area contributed by atoms with Gasteiger partial charge in [0.1, 0.15) is 6.20 Å². The maximum Gasteiger partial charge on any atom is 0.368 e.